The number of nitro groups is 1. The van der Waals surface area contributed by atoms with Crippen molar-refractivity contribution < 1.29 is 19.2 Å². The van der Waals surface area contributed by atoms with Crippen molar-refractivity contribution in [3.05, 3.63) is 100 Å². The Balaban J connectivity index is 1.87. The molecule has 0 heterocycles. The number of ether oxygens (including phenoxy) is 1. The van der Waals surface area contributed by atoms with E-state index in [1.165, 1.54) is 12.1 Å². The van der Waals surface area contributed by atoms with Crippen LogP contribution in [-0.4, -0.2) is 22.7 Å². The number of benzene rings is 3. The molecule has 0 aliphatic carbocycles. The number of nitro benzene ring substituents is 1. The molecular weight excluding hydrogens is 372 g/mol. The summed E-state index contributed by atoms with van der Waals surface area (Å²) in [7, 11) is 0. The quantitative estimate of drug-likeness (QED) is 0.370. The van der Waals surface area contributed by atoms with Crippen molar-refractivity contribution in [2.45, 2.75) is 13.0 Å². The standard InChI is InChI=1S/C22H18N2O5/c1-15(29-18-10-6-3-7-11-18)22(26)23-20-13-12-17(24(27)28)14-19(20)21(25)16-8-4-2-5-9-16/h2-15H,1H3,(H,23,26). The van der Waals surface area contributed by atoms with Crippen LogP contribution in [0.3, 0.4) is 0 Å². The molecule has 0 aromatic heterocycles. The van der Waals surface area contributed by atoms with Crippen molar-refractivity contribution >= 4 is 23.1 Å². The molecule has 0 bridgehead atoms. The predicted octanol–water partition coefficient (Wildman–Crippen LogP) is 4.23. The van der Waals surface area contributed by atoms with Crippen molar-refractivity contribution in [3.63, 3.8) is 0 Å². The van der Waals surface area contributed by atoms with Gasteiger partial charge < -0.3 is 10.1 Å². The summed E-state index contributed by atoms with van der Waals surface area (Å²) in [4.78, 5) is 36.0. The van der Waals surface area contributed by atoms with E-state index in [1.807, 2.05) is 6.07 Å². The summed E-state index contributed by atoms with van der Waals surface area (Å²) in [5, 5.41) is 13.8. The summed E-state index contributed by atoms with van der Waals surface area (Å²) in [5.74, 6) is -0.384. The van der Waals surface area contributed by atoms with Crippen LogP contribution < -0.4 is 10.1 Å². The highest BCUT2D eigenvalue weighted by atomic mass is 16.6. The van der Waals surface area contributed by atoms with E-state index in [0.717, 1.165) is 6.07 Å². The molecule has 1 N–H and O–H groups in total. The fourth-order valence-electron chi connectivity index (χ4n) is 2.68. The van der Waals surface area contributed by atoms with Crippen LogP contribution >= 0.6 is 0 Å². The van der Waals surface area contributed by atoms with Crippen molar-refractivity contribution in [1.29, 1.82) is 0 Å². The van der Waals surface area contributed by atoms with Gasteiger partial charge in [-0.2, -0.15) is 0 Å². The fourth-order valence-corrected chi connectivity index (χ4v) is 2.68. The lowest BCUT2D eigenvalue weighted by Crippen LogP contribution is -2.30. The van der Waals surface area contributed by atoms with Crippen molar-refractivity contribution in [2.75, 3.05) is 5.32 Å². The topological polar surface area (TPSA) is 98.5 Å². The smallest absolute Gasteiger partial charge is 0.270 e. The second-order valence-corrected chi connectivity index (χ2v) is 6.24. The largest absolute Gasteiger partial charge is 0.481 e. The number of anilines is 1. The Kier molecular flexibility index (Phi) is 5.99. The minimum Gasteiger partial charge on any atom is -0.481 e. The third-order valence-corrected chi connectivity index (χ3v) is 4.18. The van der Waals surface area contributed by atoms with E-state index in [2.05, 4.69) is 5.32 Å². The zero-order chi connectivity index (χ0) is 20.8. The second kappa shape index (κ2) is 8.79. The molecule has 0 radical (unpaired) electrons. The molecule has 1 amide bonds. The third kappa shape index (κ3) is 4.84. The van der Waals surface area contributed by atoms with Gasteiger partial charge in [0.05, 0.1) is 16.2 Å². The van der Waals surface area contributed by atoms with Crippen LogP contribution in [0.4, 0.5) is 11.4 Å². The zero-order valence-corrected chi connectivity index (χ0v) is 15.6. The molecule has 146 valence electrons. The lowest BCUT2D eigenvalue weighted by Gasteiger charge is -2.16. The first-order valence-electron chi connectivity index (χ1n) is 8.86. The number of hydrogen-bond acceptors (Lipinski definition) is 5. The number of amides is 1. The molecule has 0 saturated carbocycles. The predicted molar refractivity (Wildman–Crippen MR) is 108 cm³/mol. The van der Waals surface area contributed by atoms with Crippen LogP contribution in [0.2, 0.25) is 0 Å². The van der Waals surface area contributed by atoms with E-state index in [1.54, 1.807) is 61.5 Å². The van der Waals surface area contributed by atoms with Crippen LogP contribution in [-0.2, 0) is 4.79 Å². The first kappa shape index (κ1) is 19.8. The average Bonchev–Trinajstić information content (AvgIpc) is 2.74. The van der Waals surface area contributed by atoms with Gasteiger partial charge >= 0.3 is 0 Å². The number of rotatable bonds is 7. The Bertz CT molecular complexity index is 1040. The summed E-state index contributed by atoms with van der Waals surface area (Å²) in [6, 6.07) is 20.9. The lowest BCUT2D eigenvalue weighted by molar-refractivity contribution is -0.384. The van der Waals surface area contributed by atoms with E-state index in [-0.39, 0.29) is 16.9 Å². The van der Waals surface area contributed by atoms with E-state index in [4.69, 9.17) is 4.74 Å². The minimum atomic E-state index is -0.840. The number of carbonyl (C=O) groups is 2. The van der Waals surface area contributed by atoms with Gasteiger partial charge in [0, 0.05) is 17.7 Å². The second-order valence-electron chi connectivity index (χ2n) is 6.24. The molecule has 0 spiro atoms. The number of para-hydroxylation sites is 1. The average molecular weight is 390 g/mol. The molecule has 3 aromatic carbocycles. The molecule has 7 nitrogen and oxygen atoms in total. The molecule has 1 atom stereocenters. The fraction of sp³-hybridized carbons (Fsp3) is 0.0909. The van der Waals surface area contributed by atoms with Crippen molar-refractivity contribution in [3.8, 4) is 5.75 Å². The van der Waals surface area contributed by atoms with Gasteiger partial charge in [0.2, 0.25) is 0 Å². The number of nitrogens with zero attached hydrogens (tertiary/aromatic N) is 1. The third-order valence-electron chi connectivity index (χ3n) is 4.18. The Morgan fingerprint density at radius 3 is 2.21 bits per heavy atom. The van der Waals surface area contributed by atoms with Gasteiger partial charge in [-0.05, 0) is 25.1 Å². The van der Waals surface area contributed by atoms with Gasteiger partial charge in [-0.1, -0.05) is 48.5 Å². The summed E-state index contributed by atoms with van der Waals surface area (Å²) in [5.41, 5.74) is 0.330. The summed E-state index contributed by atoms with van der Waals surface area (Å²) in [6.45, 7) is 1.58. The van der Waals surface area contributed by atoms with Crippen LogP contribution in [0.1, 0.15) is 22.8 Å². The molecule has 0 aliphatic heterocycles. The highest BCUT2D eigenvalue weighted by Crippen LogP contribution is 2.25. The highest BCUT2D eigenvalue weighted by molar-refractivity contribution is 6.14. The molecule has 3 aromatic rings. The van der Waals surface area contributed by atoms with E-state index in [9.17, 15) is 19.7 Å². The summed E-state index contributed by atoms with van der Waals surface area (Å²) < 4.78 is 5.59. The Labute approximate surface area is 167 Å². The Morgan fingerprint density at radius 2 is 1.59 bits per heavy atom. The number of ketones is 1. The highest BCUT2D eigenvalue weighted by Gasteiger charge is 2.22. The maximum atomic E-state index is 12.9. The zero-order valence-electron chi connectivity index (χ0n) is 15.6. The van der Waals surface area contributed by atoms with Gasteiger partial charge in [0.1, 0.15) is 5.75 Å². The molecule has 0 aliphatic rings. The normalized spacial score (nSPS) is 11.3. The first-order chi connectivity index (χ1) is 14.0. The molecule has 3 rings (SSSR count). The monoisotopic (exact) mass is 390 g/mol. The van der Waals surface area contributed by atoms with Gasteiger partial charge in [0.15, 0.2) is 11.9 Å². The molecule has 29 heavy (non-hydrogen) atoms. The summed E-state index contributed by atoms with van der Waals surface area (Å²) >= 11 is 0. The number of non-ortho nitro benzene ring substituents is 1. The van der Waals surface area contributed by atoms with E-state index >= 15 is 0 Å². The van der Waals surface area contributed by atoms with E-state index in [0.29, 0.717) is 11.3 Å². The van der Waals surface area contributed by atoms with Crippen molar-refractivity contribution in [1.82, 2.24) is 0 Å². The lowest BCUT2D eigenvalue weighted by atomic mass is 10.0. The molecule has 0 fully saturated rings. The van der Waals surface area contributed by atoms with E-state index < -0.39 is 22.7 Å². The number of hydrogen-bond donors (Lipinski definition) is 1. The van der Waals surface area contributed by atoms with Gasteiger partial charge in [-0.25, -0.2) is 0 Å². The first-order valence-corrected chi connectivity index (χ1v) is 8.86. The Morgan fingerprint density at radius 1 is 0.966 bits per heavy atom. The van der Waals surface area contributed by atoms with Crippen LogP contribution in [0, 0.1) is 10.1 Å². The molecular formula is C22H18N2O5. The SMILES string of the molecule is CC(Oc1ccccc1)C(=O)Nc1ccc([N+](=O)[O-])cc1C(=O)c1ccccc1. The van der Waals surface area contributed by atoms with Crippen LogP contribution in [0.15, 0.2) is 78.9 Å². The molecule has 0 saturated heterocycles. The van der Waals surface area contributed by atoms with Gasteiger partial charge in [0.25, 0.3) is 11.6 Å². The number of carbonyl (C=O) groups excluding carboxylic acids is 2. The molecule has 1 unspecified atom stereocenters. The van der Waals surface area contributed by atoms with Gasteiger partial charge in [-0.3, -0.25) is 19.7 Å². The Hall–Kier alpha value is -4.00. The van der Waals surface area contributed by atoms with Crippen LogP contribution in [0.5, 0.6) is 5.75 Å². The van der Waals surface area contributed by atoms with Gasteiger partial charge in [-0.15, -0.1) is 0 Å². The molecule has 7 heteroatoms. The summed E-state index contributed by atoms with van der Waals surface area (Å²) in [6.07, 6.45) is -0.840. The minimum absolute atomic E-state index is 0.0330. The van der Waals surface area contributed by atoms with Crippen molar-refractivity contribution in [2.24, 2.45) is 0 Å². The number of nitrogens with one attached hydrogen (secondary N) is 1. The van der Waals surface area contributed by atoms with Crippen LogP contribution in [0.25, 0.3) is 0 Å². The maximum absolute atomic E-state index is 12.9. The maximum Gasteiger partial charge on any atom is 0.270 e.